The van der Waals surface area contributed by atoms with Crippen molar-refractivity contribution in [3.8, 4) is 67.3 Å². The molecule has 51 heavy (non-hydrogen) atoms. The second-order valence-electron chi connectivity index (χ2n) is 12.1. The van der Waals surface area contributed by atoms with Crippen LogP contribution < -0.4 is 5.32 Å². The van der Waals surface area contributed by atoms with Crippen LogP contribution in [0.5, 0.6) is 0 Å². The van der Waals surface area contributed by atoms with E-state index in [0.29, 0.717) is 11.4 Å². The lowest BCUT2D eigenvalue weighted by Gasteiger charge is -2.19. The lowest BCUT2D eigenvalue weighted by molar-refractivity contribution is 0.102. The molecular weight excluding hydrogens is 625 g/mol. The molecule has 0 saturated heterocycles. The van der Waals surface area contributed by atoms with Gasteiger partial charge in [0.25, 0.3) is 5.91 Å². The van der Waals surface area contributed by atoms with Crippen LogP contribution >= 0.6 is 0 Å². The fraction of sp³-hybridized carbons (Fsp3) is 0. The maximum absolute atomic E-state index is 13.7. The molecule has 242 valence electrons. The second kappa shape index (κ2) is 14.2. The first kappa shape index (κ1) is 31.3. The number of hydrogen-bond acceptors (Lipinski definition) is 4. The predicted octanol–water partition coefficient (Wildman–Crippen LogP) is 11.1. The third-order valence-electron chi connectivity index (χ3n) is 8.85. The zero-order valence-corrected chi connectivity index (χ0v) is 27.6. The number of pyridine rings is 1. The van der Waals surface area contributed by atoms with E-state index in [9.17, 15) is 4.79 Å². The van der Waals surface area contributed by atoms with Gasteiger partial charge in [0.2, 0.25) is 0 Å². The number of para-hydroxylation sites is 1. The van der Waals surface area contributed by atoms with E-state index in [-0.39, 0.29) is 5.91 Å². The molecule has 2 aromatic heterocycles. The summed E-state index contributed by atoms with van der Waals surface area (Å²) >= 11 is 0. The van der Waals surface area contributed by atoms with Crippen LogP contribution in [-0.2, 0) is 0 Å². The number of nitrogens with one attached hydrogen (secondary N) is 1. The summed E-state index contributed by atoms with van der Waals surface area (Å²) in [6.07, 6.45) is 3.64. The molecular formula is C46H32N4O. The van der Waals surface area contributed by atoms with E-state index in [1.807, 2.05) is 115 Å². The topological polar surface area (TPSA) is 67.8 Å². The first-order valence-electron chi connectivity index (χ1n) is 16.8. The Balaban J connectivity index is 1.24. The van der Waals surface area contributed by atoms with Gasteiger partial charge in [-0.05, 0) is 41.0 Å². The molecule has 0 bridgehead atoms. The minimum absolute atomic E-state index is 0.178. The Morgan fingerprint density at radius 2 is 0.961 bits per heavy atom. The standard InChI is InChI=1S/C46H32N4O/c51-46(36-18-8-3-9-19-36)50-44-39(23-12-24-41(44)40-22-11-10-21-38(40)37-20-13-29-47-31-37)32-25-27-34(28-26-32)43-30-42(33-14-4-1-5-15-33)48-45(49-43)35-16-6-2-7-17-35/h1-31H,(H,50,51). The molecule has 0 aliphatic carbocycles. The van der Waals surface area contributed by atoms with Gasteiger partial charge in [-0.15, -0.1) is 0 Å². The van der Waals surface area contributed by atoms with E-state index in [1.54, 1.807) is 6.20 Å². The maximum Gasteiger partial charge on any atom is 0.255 e. The first-order valence-corrected chi connectivity index (χ1v) is 16.8. The summed E-state index contributed by atoms with van der Waals surface area (Å²) in [4.78, 5) is 28.1. The number of hydrogen-bond donors (Lipinski definition) is 1. The minimum atomic E-state index is -0.178. The quantitative estimate of drug-likeness (QED) is 0.177. The van der Waals surface area contributed by atoms with Crippen LogP contribution in [0.1, 0.15) is 10.4 Å². The van der Waals surface area contributed by atoms with Crippen LogP contribution in [0.2, 0.25) is 0 Å². The number of rotatable bonds is 8. The summed E-state index contributed by atoms with van der Waals surface area (Å²) in [7, 11) is 0. The Morgan fingerprint density at radius 1 is 0.431 bits per heavy atom. The van der Waals surface area contributed by atoms with Crippen molar-refractivity contribution in [3.05, 3.63) is 194 Å². The van der Waals surface area contributed by atoms with Gasteiger partial charge in [-0.3, -0.25) is 9.78 Å². The lowest BCUT2D eigenvalue weighted by atomic mass is 9.90. The van der Waals surface area contributed by atoms with Gasteiger partial charge in [0.05, 0.1) is 17.1 Å². The summed E-state index contributed by atoms with van der Waals surface area (Å²) < 4.78 is 0. The Kier molecular flexibility index (Phi) is 8.74. The third kappa shape index (κ3) is 6.69. The normalized spacial score (nSPS) is 10.8. The second-order valence-corrected chi connectivity index (χ2v) is 12.1. The van der Waals surface area contributed by atoms with Gasteiger partial charge in [-0.2, -0.15) is 0 Å². The van der Waals surface area contributed by atoms with Crippen LogP contribution in [0.25, 0.3) is 67.3 Å². The fourth-order valence-corrected chi connectivity index (χ4v) is 6.31. The number of benzene rings is 6. The Bertz CT molecular complexity index is 2370. The van der Waals surface area contributed by atoms with E-state index in [0.717, 1.165) is 67.1 Å². The van der Waals surface area contributed by atoms with E-state index in [1.165, 1.54) is 0 Å². The van der Waals surface area contributed by atoms with Crippen LogP contribution in [0.4, 0.5) is 5.69 Å². The van der Waals surface area contributed by atoms with Crippen molar-refractivity contribution < 1.29 is 4.79 Å². The molecule has 0 aliphatic heterocycles. The molecule has 2 heterocycles. The molecule has 0 spiro atoms. The third-order valence-corrected chi connectivity index (χ3v) is 8.85. The van der Waals surface area contributed by atoms with Crippen LogP contribution in [0, 0.1) is 0 Å². The van der Waals surface area contributed by atoms with Gasteiger partial charge in [-0.25, -0.2) is 9.97 Å². The highest BCUT2D eigenvalue weighted by Gasteiger charge is 2.19. The largest absolute Gasteiger partial charge is 0.321 e. The van der Waals surface area contributed by atoms with Gasteiger partial charge in [0.1, 0.15) is 0 Å². The number of nitrogens with zero attached hydrogens (tertiary/aromatic N) is 3. The molecule has 5 heteroatoms. The molecule has 8 aromatic rings. The smallest absolute Gasteiger partial charge is 0.255 e. The Hall–Kier alpha value is -6.98. The highest BCUT2D eigenvalue weighted by Crippen LogP contribution is 2.41. The number of amides is 1. The Morgan fingerprint density at radius 3 is 1.63 bits per heavy atom. The molecule has 1 N–H and O–H groups in total. The van der Waals surface area contributed by atoms with E-state index >= 15 is 0 Å². The van der Waals surface area contributed by atoms with Gasteiger partial charge in [-0.1, -0.05) is 152 Å². The zero-order chi connectivity index (χ0) is 34.4. The number of carbonyl (C=O) groups excluding carboxylic acids is 1. The molecule has 0 unspecified atom stereocenters. The van der Waals surface area contributed by atoms with Gasteiger partial charge < -0.3 is 5.32 Å². The average Bonchev–Trinajstić information content (AvgIpc) is 3.22. The zero-order valence-electron chi connectivity index (χ0n) is 27.6. The average molecular weight is 657 g/mol. The van der Waals surface area contributed by atoms with E-state index in [2.05, 4.69) is 77.0 Å². The molecule has 0 saturated carbocycles. The number of anilines is 1. The highest BCUT2D eigenvalue weighted by molar-refractivity contribution is 6.10. The van der Waals surface area contributed by atoms with Crippen molar-refractivity contribution in [2.24, 2.45) is 0 Å². The molecule has 1 amide bonds. The number of carbonyl (C=O) groups is 1. The van der Waals surface area contributed by atoms with Crippen LogP contribution in [0.15, 0.2) is 188 Å². The van der Waals surface area contributed by atoms with Crippen molar-refractivity contribution in [2.75, 3.05) is 5.32 Å². The first-order chi connectivity index (χ1) is 25.2. The van der Waals surface area contributed by atoms with Crippen LogP contribution in [0.3, 0.4) is 0 Å². The molecule has 0 fully saturated rings. The molecule has 6 aromatic carbocycles. The minimum Gasteiger partial charge on any atom is -0.321 e. The lowest BCUT2D eigenvalue weighted by Crippen LogP contribution is -2.13. The maximum atomic E-state index is 13.7. The summed E-state index contributed by atoms with van der Waals surface area (Å²) in [6, 6.07) is 58.3. The monoisotopic (exact) mass is 656 g/mol. The van der Waals surface area contributed by atoms with Crippen LogP contribution in [-0.4, -0.2) is 20.9 Å². The van der Waals surface area contributed by atoms with Gasteiger partial charge >= 0.3 is 0 Å². The van der Waals surface area contributed by atoms with Gasteiger partial charge in [0, 0.05) is 51.3 Å². The molecule has 8 rings (SSSR count). The number of aromatic nitrogens is 3. The SMILES string of the molecule is O=C(Nc1c(-c2ccc(-c3cc(-c4ccccc4)nc(-c4ccccc4)n3)cc2)cccc1-c1ccccc1-c1cccnc1)c1ccccc1. The predicted molar refractivity (Wildman–Crippen MR) is 207 cm³/mol. The summed E-state index contributed by atoms with van der Waals surface area (Å²) in [5.74, 6) is 0.490. The van der Waals surface area contributed by atoms with Crippen molar-refractivity contribution in [3.63, 3.8) is 0 Å². The summed E-state index contributed by atoms with van der Waals surface area (Å²) in [5.41, 5.74) is 11.7. The van der Waals surface area contributed by atoms with Crippen molar-refractivity contribution in [2.45, 2.75) is 0 Å². The highest BCUT2D eigenvalue weighted by atomic mass is 16.1. The summed E-state index contributed by atoms with van der Waals surface area (Å²) in [6.45, 7) is 0. The molecule has 5 nitrogen and oxygen atoms in total. The van der Waals surface area contributed by atoms with E-state index < -0.39 is 0 Å². The van der Waals surface area contributed by atoms with Crippen molar-refractivity contribution in [1.82, 2.24) is 15.0 Å². The molecule has 0 radical (unpaired) electrons. The van der Waals surface area contributed by atoms with Crippen molar-refractivity contribution in [1.29, 1.82) is 0 Å². The molecule has 0 aliphatic rings. The fourth-order valence-electron chi connectivity index (χ4n) is 6.31. The Labute approximate surface area is 297 Å². The van der Waals surface area contributed by atoms with Gasteiger partial charge in [0.15, 0.2) is 5.82 Å². The molecule has 0 atom stereocenters. The van der Waals surface area contributed by atoms with E-state index in [4.69, 9.17) is 9.97 Å². The van der Waals surface area contributed by atoms with Crippen molar-refractivity contribution >= 4 is 11.6 Å². The summed E-state index contributed by atoms with van der Waals surface area (Å²) in [5, 5.41) is 3.29.